The summed E-state index contributed by atoms with van der Waals surface area (Å²) in [4.78, 5) is 29.4. The number of phenolic OH excluding ortho intramolecular Hbond substituents is 1. The Morgan fingerprint density at radius 2 is 1.76 bits per heavy atom. The van der Waals surface area contributed by atoms with Crippen molar-refractivity contribution in [1.29, 1.82) is 5.26 Å². The number of fused-ring (bicyclic) bond motifs is 1. The number of nitriles is 1. The van der Waals surface area contributed by atoms with E-state index in [4.69, 9.17) is 4.74 Å². The zero-order valence-corrected chi connectivity index (χ0v) is 18.2. The monoisotopic (exact) mass is 452 g/mol. The van der Waals surface area contributed by atoms with Gasteiger partial charge in [0.25, 0.3) is 0 Å². The number of benzene rings is 3. The van der Waals surface area contributed by atoms with Crippen LogP contribution in [0.1, 0.15) is 33.1 Å². The number of esters is 1. The van der Waals surface area contributed by atoms with Crippen molar-refractivity contribution in [3.05, 3.63) is 95.2 Å². The second kappa shape index (κ2) is 9.43. The molecule has 168 valence electrons. The van der Waals surface area contributed by atoms with Crippen molar-refractivity contribution in [2.24, 2.45) is 0 Å². The zero-order chi connectivity index (χ0) is 24.2. The fourth-order valence-electron chi connectivity index (χ4n) is 3.87. The van der Waals surface area contributed by atoms with Crippen LogP contribution in [0.15, 0.2) is 72.8 Å². The molecule has 0 aliphatic rings. The lowest BCUT2D eigenvalue weighted by Gasteiger charge is -2.16. The Morgan fingerprint density at radius 3 is 2.44 bits per heavy atom. The van der Waals surface area contributed by atoms with Crippen LogP contribution in [-0.2, 0) is 16.0 Å². The Hall–Kier alpha value is -4.70. The number of aromatic hydroxyl groups is 1. The van der Waals surface area contributed by atoms with E-state index in [1.165, 1.54) is 25.3 Å². The fourth-order valence-corrected chi connectivity index (χ4v) is 3.87. The van der Waals surface area contributed by atoms with Gasteiger partial charge in [0.2, 0.25) is 0 Å². The number of aromatic nitrogens is 1. The molecule has 2 N–H and O–H groups in total. The molecule has 1 aromatic heterocycles. The topological polar surface area (TPSA) is 121 Å². The number of carboxylic acid groups (broad SMARTS) is 1. The molecule has 0 aliphatic carbocycles. The molecule has 4 aromatic rings. The standard InChI is InChI=1S/C27H20N2O5/c1-34-27(33)23(12-16-5-8-20(30)9-6-16)25-14-22(26(31)32)21-13-19(7-10-24(21)29-25)18-4-2-3-17(11-18)15-28/h2-11,13-14,23,30H,12H2,1H3,(H,31,32). The molecular weight excluding hydrogens is 432 g/mol. The lowest BCUT2D eigenvalue weighted by Crippen LogP contribution is -2.19. The molecule has 0 aliphatic heterocycles. The summed E-state index contributed by atoms with van der Waals surface area (Å²) in [5.74, 6) is -2.42. The summed E-state index contributed by atoms with van der Waals surface area (Å²) in [6.45, 7) is 0. The molecule has 34 heavy (non-hydrogen) atoms. The van der Waals surface area contributed by atoms with Gasteiger partial charge in [0.1, 0.15) is 11.7 Å². The van der Waals surface area contributed by atoms with Gasteiger partial charge in [0.15, 0.2) is 0 Å². The van der Waals surface area contributed by atoms with E-state index in [9.17, 15) is 25.1 Å². The summed E-state index contributed by atoms with van der Waals surface area (Å²) in [7, 11) is 1.27. The first-order valence-corrected chi connectivity index (χ1v) is 10.4. The van der Waals surface area contributed by atoms with Crippen molar-refractivity contribution in [1.82, 2.24) is 4.98 Å². The highest BCUT2D eigenvalue weighted by Crippen LogP contribution is 2.30. The Labute approximate surface area is 195 Å². The Kier molecular flexibility index (Phi) is 6.24. The number of phenols is 1. The van der Waals surface area contributed by atoms with Gasteiger partial charge in [-0.2, -0.15) is 5.26 Å². The second-order valence-corrected chi connectivity index (χ2v) is 7.77. The number of nitrogens with zero attached hydrogens (tertiary/aromatic N) is 2. The van der Waals surface area contributed by atoms with E-state index < -0.39 is 17.9 Å². The van der Waals surface area contributed by atoms with E-state index in [2.05, 4.69) is 11.1 Å². The average Bonchev–Trinajstić information content (AvgIpc) is 2.86. The minimum Gasteiger partial charge on any atom is -0.508 e. The number of pyridine rings is 1. The van der Waals surface area contributed by atoms with Crippen LogP contribution in [0.25, 0.3) is 22.0 Å². The number of carboxylic acids is 1. The number of methoxy groups -OCH3 is 1. The predicted octanol–water partition coefficient (Wildman–Crippen LogP) is 4.68. The smallest absolute Gasteiger partial charge is 0.336 e. The summed E-state index contributed by atoms with van der Waals surface area (Å²) in [5, 5.41) is 29.1. The number of carbonyl (C=O) groups excluding carboxylic acids is 1. The average molecular weight is 452 g/mol. The third kappa shape index (κ3) is 4.57. The maximum atomic E-state index is 12.6. The molecule has 0 saturated carbocycles. The van der Waals surface area contributed by atoms with Gasteiger partial charge in [0.05, 0.1) is 35.5 Å². The molecule has 1 unspecified atom stereocenters. The summed E-state index contributed by atoms with van der Waals surface area (Å²) < 4.78 is 4.97. The summed E-state index contributed by atoms with van der Waals surface area (Å²) in [6.07, 6.45) is 0.226. The summed E-state index contributed by atoms with van der Waals surface area (Å²) in [6, 6.07) is 22.2. The van der Waals surface area contributed by atoms with Crippen LogP contribution in [-0.4, -0.2) is 34.2 Å². The summed E-state index contributed by atoms with van der Waals surface area (Å²) >= 11 is 0. The van der Waals surface area contributed by atoms with Crippen molar-refractivity contribution >= 4 is 22.8 Å². The molecule has 3 aromatic carbocycles. The van der Waals surface area contributed by atoms with Crippen molar-refractivity contribution < 1.29 is 24.5 Å². The van der Waals surface area contributed by atoms with Crippen LogP contribution in [0.2, 0.25) is 0 Å². The lowest BCUT2D eigenvalue weighted by atomic mass is 9.93. The zero-order valence-electron chi connectivity index (χ0n) is 18.2. The van der Waals surface area contributed by atoms with Crippen molar-refractivity contribution in [2.75, 3.05) is 7.11 Å². The van der Waals surface area contributed by atoms with Gasteiger partial charge in [-0.3, -0.25) is 9.78 Å². The van der Waals surface area contributed by atoms with Gasteiger partial charge in [-0.25, -0.2) is 4.79 Å². The Balaban J connectivity index is 1.82. The number of rotatable bonds is 6. The molecule has 0 bridgehead atoms. The van der Waals surface area contributed by atoms with Gasteiger partial charge in [-0.05, 0) is 65.6 Å². The van der Waals surface area contributed by atoms with Crippen LogP contribution in [0.4, 0.5) is 0 Å². The maximum absolute atomic E-state index is 12.6. The highest BCUT2D eigenvalue weighted by molar-refractivity contribution is 6.04. The minimum absolute atomic E-state index is 0.0119. The van der Waals surface area contributed by atoms with E-state index in [0.717, 1.165) is 16.7 Å². The van der Waals surface area contributed by atoms with Crippen LogP contribution in [0.5, 0.6) is 5.75 Å². The summed E-state index contributed by atoms with van der Waals surface area (Å²) in [5.41, 5.74) is 3.51. The van der Waals surface area contributed by atoms with Gasteiger partial charge in [-0.1, -0.05) is 30.3 Å². The lowest BCUT2D eigenvalue weighted by molar-refractivity contribution is -0.142. The molecule has 0 spiro atoms. The fraction of sp³-hybridized carbons (Fsp3) is 0.111. The van der Waals surface area contributed by atoms with Crippen molar-refractivity contribution in [3.8, 4) is 22.9 Å². The molecule has 7 heteroatoms. The first-order valence-electron chi connectivity index (χ1n) is 10.4. The van der Waals surface area contributed by atoms with Gasteiger partial charge in [-0.15, -0.1) is 0 Å². The largest absolute Gasteiger partial charge is 0.508 e. The minimum atomic E-state index is -1.15. The van der Waals surface area contributed by atoms with E-state index >= 15 is 0 Å². The van der Waals surface area contributed by atoms with E-state index in [1.807, 2.05) is 6.07 Å². The molecule has 4 rings (SSSR count). The Bertz CT molecular complexity index is 1440. The highest BCUT2D eigenvalue weighted by Gasteiger charge is 2.26. The predicted molar refractivity (Wildman–Crippen MR) is 125 cm³/mol. The van der Waals surface area contributed by atoms with Crippen LogP contribution < -0.4 is 0 Å². The molecule has 0 fully saturated rings. The first kappa shape index (κ1) is 22.5. The Morgan fingerprint density at radius 1 is 1.03 bits per heavy atom. The second-order valence-electron chi connectivity index (χ2n) is 7.77. The third-order valence-electron chi connectivity index (χ3n) is 5.60. The first-order chi connectivity index (χ1) is 16.4. The molecule has 0 saturated heterocycles. The van der Waals surface area contributed by atoms with Crippen LogP contribution >= 0.6 is 0 Å². The molecule has 0 radical (unpaired) electrons. The number of ether oxygens (including phenoxy) is 1. The molecular formula is C27H20N2O5. The molecule has 1 atom stereocenters. The van der Waals surface area contributed by atoms with E-state index in [1.54, 1.807) is 48.5 Å². The molecule has 0 amide bonds. The van der Waals surface area contributed by atoms with Gasteiger partial charge >= 0.3 is 11.9 Å². The third-order valence-corrected chi connectivity index (χ3v) is 5.60. The number of aromatic carboxylic acids is 1. The SMILES string of the molecule is COC(=O)C(Cc1ccc(O)cc1)c1cc(C(=O)O)c2cc(-c3cccc(C#N)c3)ccc2n1. The molecule has 7 nitrogen and oxygen atoms in total. The number of hydrogen-bond acceptors (Lipinski definition) is 6. The van der Waals surface area contributed by atoms with Crippen molar-refractivity contribution in [3.63, 3.8) is 0 Å². The van der Waals surface area contributed by atoms with Crippen LogP contribution in [0, 0.1) is 11.3 Å². The number of hydrogen-bond donors (Lipinski definition) is 2. The van der Waals surface area contributed by atoms with Crippen molar-refractivity contribution in [2.45, 2.75) is 12.3 Å². The number of carbonyl (C=O) groups is 2. The quantitative estimate of drug-likeness (QED) is 0.408. The highest BCUT2D eigenvalue weighted by atomic mass is 16.5. The normalized spacial score (nSPS) is 11.5. The van der Waals surface area contributed by atoms with E-state index in [-0.39, 0.29) is 23.4 Å². The van der Waals surface area contributed by atoms with Crippen LogP contribution in [0.3, 0.4) is 0 Å². The van der Waals surface area contributed by atoms with Gasteiger partial charge < -0.3 is 14.9 Å². The maximum Gasteiger partial charge on any atom is 0.336 e. The van der Waals surface area contributed by atoms with Gasteiger partial charge in [0, 0.05) is 5.39 Å². The van der Waals surface area contributed by atoms with E-state index in [0.29, 0.717) is 16.5 Å². The molecule has 1 heterocycles.